The van der Waals surface area contributed by atoms with Crippen LogP contribution in [-0.4, -0.2) is 17.7 Å². The Kier molecular flexibility index (Phi) is 4.82. The molecule has 94 valence electrons. The van der Waals surface area contributed by atoms with E-state index in [4.69, 9.17) is 10.5 Å². The molecule has 0 aliphatic rings. The van der Waals surface area contributed by atoms with E-state index in [-0.39, 0.29) is 11.3 Å². The van der Waals surface area contributed by atoms with Crippen LogP contribution in [0.2, 0.25) is 0 Å². The summed E-state index contributed by atoms with van der Waals surface area (Å²) >= 11 is 0. The van der Waals surface area contributed by atoms with Crippen LogP contribution in [0.3, 0.4) is 0 Å². The summed E-state index contributed by atoms with van der Waals surface area (Å²) in [4.78, 5) is 11.6. The highest BCUT2D eigenvalue weighted by Gasteiger charge is 2.12. The normalized spacial score (nSPS) is 10.5. The van der Waals surface area contributed by atoms with Crippen molar-refractivity contribution in [3.8, 4) is 5.75 Å². The van der Waals surface area contributed by atoms with Gasteiger partial charge in [-0.1, -0.05) is 13.8 Å². The Morgan fingerprint density at radius 1 is 1.47 bits per heavy atom. The number of carbonyl (C=O) groups is 1. The number of phenols is 1. The van der Waals surface area contributed by atoms with Gasteiger partial charge in [-0.15, -0.1) is 0 Å². The maximum atomic E-state index is 11.6. The highest BCUT2D eigenvalue weighted by Crippen LogP contribution is 2.20. The van der Waals surface area contributed by atoms with E-state index < -0.39 is 5.97 Å². The summed E-state index contributed by atoms with van der Waals surface area (Å²) in [6.45, 7) is 4.60. The van der Waals surface area contributed by atoms with Gasteiger partial charge in [0.15, 0.2) is 0 Å². The van der Waals surface area contributed by atoms with Crippen LogP contribution < -0.4 is 5.73 Å². The lowest BCUT2D eigenvalue weighted by molar-refractivity contribution is 0.0491. The summed E-state index contributed by atoms with van der Waals surface area (Å²) < 4.78 is 5.06. The molecule has 1 rings (SSSR count). The number of carbonyl (C=O) groups excluding carboxylic acids is 1. The molecule has 0 radical (unpaired) electrons. The Morgan fingerprint density at radius 3 is 2.82 bits per heavy atom. The first-order valence-corrected chi connectivity index (χ1v) is 5.76. The van der Waals surface area contributed by atoms with E-state index in [0.29, 0.717) is 18.2 Å². The number of nitrogen functional groups attached to an aromatic ring is 1. The van der Waals surface area contributed by atoms with Crippen molar-refractivity contribution in [3.63, 3.8) is 0 Å². The molecule has 0 aromatic heterocycles. The maximum absolute atomic E-state index is 11.6. The Hall–Kier alpha value is -1.71. The molecular formula is C13H19NO3. The molecule has 0 saturated carbocycles. The molecule has 3 N–H and O–H groups in total. The van der Waals surface area contributed by atoms with Crippen LogP contribution >= 0.6 is 0 Å². The van der Waals surface area contributed by atoms with Crippen molar-refractivity contribution in [3.05, 3.63) is 23.8 Å². The molecule has 0 atom stereocenters. The minimum Gasteiger partial charge on any atom is -0.507 e. The number of hydrogen-bond donors (Lipinski definition) is 2. The highest BCUT2D eigenvalue weighted by atomic mass is 16.5. The van der Waals surface area contributed by atoms with Crippen molar-refractivity contribution in [2.24, 2.45) is 5.92 Å². The van der Waals surface area contributed by atoms with Gasteiger partial charge < -0.3 is 15.6 Å². The van der Waals surface area contributed by atoms with Crippen molar-refractivity contribution < 1.29 is 14.6 Å². The van der Waals surface area contributed by atoms with Gasteiger partial charge in [0.2, 0.25) is 0 Å². The summed E-state index contributed by atoms with van der Waals surface area (Å²) in [6, 6.07) is 4.34. The molecule has 1 aromatic carbocycles. The molecule has 0 aliphatic carbocycles. The molecule has 0 aliphatic heterocycles. The molecule has 17 heavy (non-hydrogen) atoms. The highest BCUT2D eigenvalue weighted by molar-refractivity contribution is 5.93. The van der Waals surface area contributed by atoms with Gasteiger partial charge >= 0.3 is 5.97 Å². The number of esters is 1. The van der Waals surface area contributed by atoms with Crippen molar-refractivity contribution >= 4 is 11.7 Å². The first-order chi connectivity index (χ1) is 8.00. The minimum absolute atomic E-state index is 0.104. The number of phenolic OH excluding ortho intramolecular Hbond substituents is 1. The fourth-order valence-electron chi connectivity index (χ4n) is 1.45. The third-order valence-corrected chi connectivity index (χ3v) is 2.40. The lowest BCUT2D eigenvalue weighted by Gasteiger charge is -2.08. The molecule has 0 unspecified atom stereocenters. The molecule has 1 aromatic rings. The zero-order valence-corrected chi connectivity index (χ0v) is 10.3. The summed E-state index contributed by atoms with van der Waals surface area (Å²) in [5.41, 5.74) is 6.09. The number of rotatable bonds is 5. The minimum atomic E-state index is -0.529. The molecule has 0 spiro atoms. The van der Waals surface area contributed by atoms with E-state index in [9.17, 15) is 9.90 Å². The van der Waals surface area contributed by atoms with Crippen molar-refractivity contribution in [1.29, 1.82) is 0 Å². The van der Waals surface area contributed by atoms with Crippen molar-refractivity contribution in [1.82, 2.24) is 0 Å². The Morgan fingerprint density at radius 2 is 2.18 bits per heavy atom. The van der Waals surface area contributed by atoms with Gasteiger partial charge in [0.05, 0.1) is 6.61 Å². The fraction of sp³-hybridized carbons (Fsp3) is 0.462. The number of anilines is 1. The predicted octanol–water partition coefficient (Wildman–Crippen LogP) is 2.57. The summed E-state index contributed by atoms with van der Waals surface area (Å²) in [5, 5.41) is 9.49. The zero-order chi connectivity index (χ0) is 12.8. The van der Waals surface area contributed by atoms with E-state index in [1.165, 1.54) is 18.2 Å². The van der Waals surface area contributed by atoms with Gasteiger partial charge in [0, 0.05) is 5.69 Å². The molecular weight excluding hydrogens is 218 g/mol. The smallest absolute Gasteiger partial charge is 0.341 e. The molecule has 0 heterocycles. The number of ether oxygens (including phenoxy) is 1. The lowest BCUT2D eigenvalue weighted by Crippen LogP contribution is -2.08. The van der Waals surface area contributed by atoms with Crippen LogP contribution in [0.1, 0.15) is 37.0 Å². The van der Waals surface area contributed by atoms with Gasteiger partial charge in [-0.3, -0.25) is 0 Å². The van der Waals surface area contributed by atoms with Gasteiger partial charge in [-0.25, -0.2) is 4.79 Å². The second-order valence-electron chi connectivity index (χ2n) is 4.45. The monoisotopic (exact) mass is 237 g/mol. The Balaban J connectivity index is 2.49. The largest absolute Gasteiger partial charge is 0.507 e. The standard InChI is InChI=1S/C13H19NO3/c1-9(2)4-3-7-17-13(16)11-8-10(14)5-6-12(11)15/h5-6,8-9,15H,3-4,7,14H2,1-2H3. The number of aromatic hydroxyl groups is 1. The lowest BCUT2D eigenvalue weighted by atomic mass is 10.1. The molecule has 0 bridgehead atoms. The first kappa shape index (κ1) is 13.4. The van der Waals surface area contributed by atoms with Gasteiger partial charge in [0.1, 0.15) is 11.3 Å². The Bertz CT molecular complexity index is 388. The van der Waals surface area contributed by atoms with E-state index in [1.54, 1.807) is 0 Å². The Labute approximate surface area is 101 Å². The van der Waals surface area contributed by atoms with Crippen LogP contribution in [0.25, 0.3) is 0 Å². The SMILES string of the molecule is CC(C)CCCOC(=O)c1cc(N)ccc1O. The topological polar surface area (TPSA) is 72.5 Å². The van der Waals surface area contributed by atoms with E-state index in [0.717, 1.165) is 12.8 Å². The van der Waals surface area contributed by atoms with E-state index in [1.807, 2.05) is 0 Å². The van der Waals surface area contributed by atoms with Crippen LogP contribution in [-0.2, 0) is 4.74 Å². The van der Waals surface area contributed by atoms with Gasteiger partial charge in [-0.05, 0) is 37.0 Å². The molecule has 0 amide bonds. The van der Waals surface area contributed by atoms with Gasteiger partial charge in [-0.2, -0.15) is 0 Å². The van der Waals surface area contributed by atoms with Crippen LogP contribution in [0.5, 0.6) is 5.75 Å². The predicted molar refractivity (Wildman–Crippen MR) is 66.9 cm³/mol. The van der Waals surface area contributed by atoms with E-state index >= 15 is 0 Å². The van der Waals surface area contributed by atoms with Crippen LogP contribution in [0, 0.1) is 5.92 Å². The quantitative estimate of drug-likeness (QED) is 0.357. The van der Waals surface area contributed by atoms with Crippen molar-refractivity contribution in [2.45, 2.75) is 26.7 Å². The third kappa shape index (κ3) is 4.34. The van der Waals surface area contributed by atoms with Crippen LogP contribution in [0.4, 0.5) is 5.69 Å². The molecule has 0 saturated heterocycles. The average molecular weight is 237 g/mol. The number of hydrogen-bond acceptors (Lipinski definition) is 4. The van der Waals surface area contributed by atoms with Crippen LogP contribution in [0.15, 0.2) is 18.2 Å². The molecule has 4 nitrogen and oxygen atoms in total. The summed E-state index contributed by atoms with van der Waals surface area (Å²) in [5.74, 6) is -0.0407. The third-order valence-electron chi connectivity index (χ3n) is 2.40. The number of nitrogens with two attached hydrogens (primary N) is 1. The second-order valence-corrected chi connectivity index (χ2v) is 4.45. The zero-order valence-electron chi connectivity index (χ0n) is 10.3. The second kappa shape index (κ2) is 6.13. The molecule has 0 fully saturated rings. The fourth-order valence-corrected chi connectivity index (χ4v) is 1.45. The van der Waals surface area contributed by atoms with Gasteiger partial charge in [0.25, 0.3) is 0 Å². The van der Waals surface area contributed by atoms with Crippen molar-refractivity contribution in [2.75, 3.05) is 12.3 Å². The number of benzene rings is 1. The van der Waals surface area contributed by atoms with E-state index in [2.05, 4.69) is 13.8 Å². The molecule has 4 heteroatoms. The average Bonchev–Trinajstić information content (AvgIpc) is 2.27. The summed E-state index contributed by atoms with van der Waals surface area (Å²) in [7, 11) is 0. The summed E-state index contributed by atoms with van der Waals surface area (Å²) in [6.07, 6.45) is 1.84. The maximum Gasteiger partial charge on any atom is 0.341 e. The first-order valence-electron chi connectivity index (χ1n) is 5.76.